The fourth-order valence-electron chi connectivity index (χ4n) is 2.81. The van der Waals surface area contributed by atoms with Crippen LogP contribution in [0.2, 0.25) is 0 Å². The molecular weight excluding hydrogens is 224 g/mol. The Hall–Kier alpha value is -1.37. The van der Waals surface area contributed by atoms with Gasteiger partial charge in [-0.25, -0.2) is 0 Å². The highest BCUT2D eigenvalue weighted by molar-refractivity contribution is 5.38. The van der Waals surface area contributed by atoms with E-state index in [0.717, 1.165) is 18.7 Å². The minimum Gasteiger partial charge on any atom is -0.377 e. The van der Waals surface area contributed by atoms with E-state index >= 15 is 0 Å². The molecule has 1 aromatic rings. The highest BCUT2D eigenvalue weighted by Gasteiger charge is 2.40. The minimum atomic E-state index is -0.386. The highest BCUT2D eigenvalue weighted by Crippen LogP contribution is 2.33. The van der Waals surface area contributed by atoms with Gasteiger partial charge in [0.1, 0.15) is 5.41 Å². The number of rotatable bonds is 2. The molecule has 1 unspecified atom stereocenters. The Morgan fingerprint density at radius 2 is 2.06 bits per heavy atom. The molecule has 18 heavy (non-hydrogen) atoms. The monoisotopic (exact) mass is 242 g/mol. The van der Waals surface area contributed by atoms with E-state index in [1.54, 1.807) is 0 Å². The summed E-state index contributed by atoms with van der Waals surface area (Å²) in [5.41, 5.74) is 2.10. The van der Waals surface area contributed by atoms with Crippen molar-refractivity contribution in [1.82, 2.24) is 5.32 Å². The summed E-state index contributed by atoms with van der Waals surface area (Å²) in [6, 6.07) is 11.0. The molecule has 0 bridgehead atoms. The molecular formula is C15H18N2O. The van der Waals surface area contributed by atoms with Gasteiger partial charge >= 0.3 is 0 Å². The second kappa shape index (κ2) is 4.72. The molecule has 3 nitrogen and oxygen atoms in total. The van der Waals surface area contributed by atoms with E-state index in [-0.39, 0.29) is 5.41 Å². The van der Waals surface area contributed by atoms with E-state index in [1.807, 2.05) is 0 Å². The maximum absolute atomic E-state index is 9.27. The zero-order chi connectivity index (χ0) is 12.4. The largest absolute Gasteiger partial charge is 0.377 e. The topological polar surface area (TPSA) is 45.0 Å². The summed E-state index contributed by atoms with van der Waals surface area (Å²) in [5.74, 6) is 0.628. The lowest BCUT2D eigenvalue weighted by molar-refractivity contribution is -0.0298. The average Bonchev–Trinajstić information content (AvgIpc) is 2.40. The van der Waals surface area contributed by atoms with Crippen molar-refractivity contribution < 1.29 is 4.74 Å². The molecule has 2 saturated heterocycles. The molecule has 3 heteroatoms. The Morgan fingerprint density at radius 1 is 1.28 bits per heavy atom. The molecule has 2 heterocycles. The van der Waals surface area contributed by atoms with Crippen LogP contribution in [0.25, 0.3) is 0 Å². The van der Waals surface area contributed by atoms with Crippen LogP contribution in [0, 0.1) is 11.3 Å². The Kier molecular flexibility index (Phi) is 3.07. The molecule has 2 aliphatic rings. The van der Waals surface area contributed by atoms with Crippen molar-refractivity contribution in [2.24, 2.45) is 0 Å². The molecule has 1 aromatic carbocycles. The predicted molar refractivity (Wildman–Crippen MR) is 69.4 cm³/mol. The van der Waals surface area contributed by atoms with Gasteiger partial charge < -0.3 is 10.1 Å². The van der Waals surface area contributed by atoms with Gasteiger partial charge in [-0.05, 0) is 36.4 Å². The van der Waals surface area contributed by atoms with Crippen LogP contribution >= 0.6 is 0 Å². The molecule has 1 atom stereocenters. The Bertz CT molecular complexity index is 450. The van der Waals surface area contributed by atoms with E-state index in [9.17, 15) is 5.26 Å². The number of benzene rings is 1. The standard InChI is InChI=1S/C15H18N2O/c16-9-15(10-18-11-15)14-5-3-12(4-6-14)13-2-1-7-17-8-13/h3-6,13,17H,1-2,7-8,10-11H2. The summed E-state index contributed by atoms with van der Waals surface area (Å²) < 4.78 is 5.20. The van der Waals surface area contributed by atoms with E-state index in [4.69, 9.17) is 4.74 Å². The molecule has 0 aromatic heterocycles. The van der Waals surface area contributed by atoms with Crippen LogP contribution in [0.4, 0.5) is 0 Å². The zero-order valence-corrected chi connectivity index (χ0v) is 10.5. The van der Waals surface area contributed by atoms with Gasteiger partial charge in [0.15, 0.2) is 0 Å². The first kappa shape index (κ1) is 11.7. The molecule has 2 fully saturated rings. The van der Waals surface area contributed by atoms with Gasteiger partial charge in [0.25, 0.3) is 0 Å². The maximum Gasteiger partial charge on any atom is 0.129 e. The summed E-state index contributed by atoms with van der Waals surface area (Å²) in [5, 5.41) is 12.7. The molecule has 0 aliphatic carbocycles. The molecule has 94 valence electrons. The second-order valence-corrected chi connectivity index (χ2v) is 5.35. The fourth-order valence-corrected chi connectivity index (χ4v) is 2.81. The number of piperidine rings is 1. The number of nitriles is 1. The van der Waals surface area contributed by atoms with Crippen molar-refractivity contribution in [3.05, 3.63) is 35.4 Å². The highest BCUT2D eigenvalue weighted by atomic mass is 16.5. The summed E-state index contributed by atoms with van der Waals surface area (Å²) in [6.07, 6.45) is 2.52. The lowest BCUT2D eigenvalue weighted by atomic mass is 9.79. The van der Waals surface area contributed by atoms with Crippen LogP contribution in [0.1, 0.15) is 29.9 Å². The van der Waals surface area contributed by atoms with Crippen molar-refractivity contribution in [2.75, 3.05) is 26.3 Å². The van der Waals surface area contributed by atoms with Gasteiger partial charge in [0, 0.05) is 6.54 Å². The number of nitrogens with one attached hydrogen (secondary N) is 1. The normalized spacial score (nSPS) is 26.1. The van der Waals surface area contributed by atoms with E-state index in [2.05, 4.69) is 35.7 Å². The Balaban J connectivity index is 1.78. The van der Waals surface area contributed by atoms with E-state index < -0.39 is 0 Å². The first-order valence-electron chi connectivity index (χ1n) is 6.64. The first-order valence-corrected chi connectivity index (χ1v) is 6.64. The molecule has 3 rings (SSSR count). The lowest BCUT2D eigenvalue weighted by Crippen LogP contribution is -2.45. The summed E-state index contributed by atoms with van der Waals surface area (Å²) >= 11 is 0. The lowest BCUT2D eigenvalue weighted by Gasteiger charge is -2.35. The van der Waals surface area contributed by atoms with E-state index in [1.165, 1.54) is 18.4 Å². The van der Waals surface area contributed by atoms with Crippen LogP contribution in [-0.4, -0.2) is 26.3 Å². The summed E-state index contributed by atoms with van der Waals surface area (Å²) in [4.78, 5) is 0. The van der Waals surface area contributed by atoms with Crippen LogP contribution < -0.4 is 5.32 Å². The number of hydrogen-bond donors (Lipinski definition) is 1. The quantitative estimate of drug-likeness (QED) is 0.862. The second-order valence-electron chi connectivity index (χ2n) is 5.35. The zero-order valence-electron chi connectivity index (χ0n) is 10.5. The smallest absolute Gasteiger partial charge is 0.129 e. The molecule has 0 amide bonds. The number of nitrogens with zero attached hydrogens (tertiary/aromatic N) is 1. The predicted octanol–water partition coefficient (Wildman–Crippen LogP) is 1.95. The van der Waals surface area contributed by atoms with Crippen molar-refractivity contribution in [1.29, 1.82) is 5.26 Å². The van der Waals surface area contributed by atoms with Gasteiger partial charge in [-0.3, -0.25) is 0 Å². The molecule has 0 radical (unpaired) electrons. The minimum absolute atomic E-state index is 0.386. The SMILES string of the molecule is N#CC1(c2ccc(C3CCCNC3)cc2)COC1. The van der Waals surface area contributed by atoms with Gasteiger partial charge in [-0.1, -0.05) is 24.3 Å². The number of hydrogen-bond acceptors (Lipinski definition) is 3. The third-order valence-corrected chi connectivity index (χ3v) is 4.14. The molecule has 2 aliphatic heterocycles. The average molecular weight is 242 g/mol. The summed E-state index contributed by atoms with van der Waals surface area (Å²) in [6.45, 7) is 3.29. The van der Waals surface area contributed by atoms with E-state index in [0.29, 0.717) is 19.1 Å². The Labute approximate surface area is 108 Å². The van der Waals surface area contributed by atoms with Crippen LogP contribution in [0.15, 0.2) is 24.3 Å². The Morgan fingerprint density at radius 3 is 2.56 bits per heavy atom. The van der Waals surface area contributed by atoms with Gasteiger partial charge in [-0.15, -0.1) is 0 Å². The summed E-state index contributed by atoms with van der Waals surface area (Å²) in [7, 11) is 0. The first-order chi connectivity index (χ1) is 8.84. The number of ether oxygens (including phenoxy) is 1. The maximum atomic E-state index is 9.27. The van der Waals surface area contributed by atoms with Crippen molar-refractivity contribution in [2.45, 2.75) is 24.2 Å². The van der Waals surface area contributed by atoms with Crippen molar-refractivity contribution >= 4 is 0 Å². The van der Waals surface area contributed by atoms with Gasteiger partial charge in [0.2, 0.25) is 0 Å². The van der Waals surface area contributed by atoms with Gasteiger partial charge in [0.05, 0.1) is 19.3 Å². The third kappa shape index (κ3) is 1.92. The third-order valence-electron chi connectivity index (χ3n) is 4.14. The van der Waals surface area contributed by atoms with Crippen molar-refractivity contribution in [3.63, 3.8) is 0 Å². The van der Waals surface area contributed by atoms with Crippen LogP contribution in [-0.2, 0) is 10.2 Å². The fraction of sp³-hybridized carbons (Fsp3) is 0.533. The molecule has 0 saturated carbocycles. The molecule has 1 N–H and O–H groups in total. The molecule has 0 spiro atoms. The van der Waals surface area contributed by atoms with Gasteiger partial charge in [-0.2, -0.15) is 5.26 Å². The van der Waals surface area contributed by atoms with Crippen LogP contribution in [0.5, 0.6) is 0 Å². The van der Waals surface area contributed by atoms with Crippen LogP contribution in [0.3, 0.4) is 0 Å². The van der Waals surface area contributed by atoms with Crippen molar-refractivity contribution in [3.8, 4) is 6.07 Å².